The van der Waals surface area contributed by atoms with Crippen LogP contribution in [0.3, 0.4) is 0 Å². The quantitative estimate of drug-likeness (QED) is 0.263. The number of hydrogen-bond donors (Lipinski definition) is 1. The van der Waals surface area contributed by atoms with E-state index in [0.29, 0.717) is 24.6 Å². The minimum Gasteiger partial charge on any atom is -0.477 e. The van der Waals surface area contributed by atoms with Gasteiger partial charge < -0.3 is 10.1 Å². The van der Waals surface area contributed by atoms with Crippen LogP contribution in [-0.2, 0) is 51.1 Å². The maximum Gasteiger partial charge on any atom is 0.495 e. The van der Waals surface area contributed by atoms with Crippen LogP contribution in [0.2, 0.25) is 0 Å². The predicted molar refractivity (Wildman–Crippen MR) is 148 cm³/mol. The average molecular weight is 589 g/mol. The number of rotatable bonds is 9. The van der Waals surface area contributed by atoms with Crippen LogP contribution in [0.25, 0.3) is 0 Å². The fourth-order valence-corrected chi connectivity index (χ4v) is 4.70. The lowest BCUT2D eigenvalue weighted by Crippen LogP contribution is -2.27. The van der Waals surface area contributed by atoms with Crippen LogP contribution >= 0.6 is 0 Å². The van der Waals surface area contributed by atoms with Crippen LogP contribution in [0.4, 0.5) is 19.0 Å². The zero-order valence-corrected chi connectivity index (χ0v) is 24.1. The number of nitrogens with one attached hydrogen (secondary N) is 1. The molecule has 1 atom stereocenters. The van der Waals surface area contributed by atoms with Gasteiger partial charge in [-0.3, -0.25) is 0 Å². The second-order valence-corrected chi connectivity index (χ2v) is 11.3. The van der Waals surface area contributed by atoms with Gasteiger partial charge in [-0.2, -0.15) is 18.3 Å². The molecule has 0 saturated carbocycles. The molecular weight excluding hydrogens is 553 g/mol. The van der Waals surface area contributed by atoms with Crippen LogP contribution in [-0.4, -0.2) is 46.0 Å². The minimum absolute atomic E-state index is 0.182. The van der Waals surface area contributed by atoms with Crippen molar-refractivity contribution in [2.45, 2.75) is 70.4 Å². The van der Waals surface area contributed by atoms with Crippen LogP contribution in [0.15, 0.2) is 42.5 Å². The first kappa shape index (κ1) is 30.9. The van der Waals surface area contributed by atoms with Gasteiger partial charge in [-0.1, -0.05) is 51.1 Å². The third kappa shape index (κ3) is 8.23. The van der Waals surface area contributed by atoms with Crippen LogP contribution < -0.4 is 10.1 Å². The highest BCUT2D eigenvalue weighted by Crippen LogP contribution is 2.31. The normalized spacial score (nSPS) is 14.0. The van der Waals surface area contributed by atoms with Crippen molar-refractivity contribution in [1.29, 1.82) is 0 Å². The lowest BCUT2D eigenvalue weighted by molar-refractivity contribution is -0.286. The number of aromatic nitrogens is 3. The van der Waals surface area contributed by atoms with Crippen molar-refractivity contribution < 1.29 is 37.3 Å². The van der Waals surface area contributed by atoms with E-state index in [0.717, 1.165) is 42.0 Å². The number of nitrogens with zero attached hydrogens (tertiary/aromatic N) is 3. The molecule has 3 heterocycles. The van der Waals surface area contributed by atoms with Crippen molar-refractivity contribution in [3.05, 3.63) is 70.5 Å². The summed E-state index contributed by atoms with van der Waals surface area (Å²) in [6, 6.07) is 13.5. The standard InChI is InChI=1S/C30H35F3N4O5/c1-29(2,3)22-9-5-7-20(15-22)21(17-26(38)41-42-28(39)30(31,32)33)16-24-18-25(37(4)36-24)40-14-12-23-11-10-19-8-6-13-34-27(19)35-23/h5,7,9-11,15,18,21H,6,8,12-14,16-17H2,1-4H3,(H,34,35). The number of aryl methyl sites for hydroxylation is 2. The number of carbonyl (C=O) groups is 2. The largest absolute Gasteiger partial charge is 0.495 e. The van der Waals surface area contributed by atoms with Crippen LogP contribution in [0.5, 0.6) is 5.88 Å². The molecule has 1 N–H and O–H groups in total. The Labute approximate surface area is 242 Å². The number of benzene rings is 1. The number of fused-ring (bicyclic) bond motifs is 1. The van der Waals surface area contributed by atoms with Gasteiger partial charge in [0, 0.05) is 37.7 Å². The molecule has 12 heteroatoms. The number of anilines is 1. The van der Waals surface area contributed by atoms with E-state index in [4.69, 9.17) is 4.74 Å². The average Bonchev–Trinajstić information content (AvgIpc) is 3.28. The van der Waals surface area contributed by atoms with Crippen LogP contribution in [0, 0.1) is 0 Å². The molecule has 1 unspecified atom stereocenters. The number of hydrogen-bond acceptors (Lipinski definition) is 8. The molecular formula is C30H35F3N4O5. The molecule has 0 radical (unpaired) electrons. The Hall–Kier alpha value is -4.09. The smallest absolute Gasteiger partial charge is 0.477 e. The zero-order chi connectivity index (χ0) is 30.5. The lowest BCUT2D eigenvalue weighted by Gasteiger charge is -2.22. The first-order chi connectivity index (χ1) is 19.8. The molecule has 0 bridgehead atoms. The summed E-state index contributed by atoms with van der Waals surface area (Å²) in [4.78, 5) is 36.0. The molecule has 1 aliphatic heterocycles. The van der Waals surface area contributed by atoms with E-state index in [1.165, 1.54) is 5.56 Å². The second kappa shape index (κ2) is 12.8. The van der Waals surface area contributed by atoms with E-state index < -0.39 is 24.0 Å². The summed E-state index contributed by atoms with van der Waals surface area (Å²) < 4.78 is 45.0. The third-order valence-corrected chi connectivity index (χ3v) is 6.98. The molecule has 3 aromatic rings. The van der Waals surface area contributed by atoms with Gasteiger partial charge in [0.2, 0.25) is 5.88 Å². The van der Waals surface area contributed by atoms with Crippen molar-refractivity contribution >= 4 is 17.8 Å². The Morgan fingerprint density at radius 1 is 1.07 bits per heavy atom. The highest BCUT2D eigenvalue weighted by atomic mass is 19.4. The molecule has 2 aromatic heterocycles. The zero-order valence-electron chi connectivity index (χ0n) is 24.1. The highest BCUT2D eigenvalue weighted by Gasteiger charge is 2.43. The first-order valence-corrected chi connectivity index (χ1v) is 13.8. The van der Waals surface area contributed by atoms with Gasteiger partial charge in [0.1, 0.15) is 5.82 Å². The van der Waals surface area contributed by atoms with E-state index in [9.17, 15) is 22.8 Å². The molecule has 42 heavy (non-hydrogen) atoms. The van der Waals surface area contributed by atoms with Crippen molar-refractivity contribution in [3.8, 4) is 5.88 Å². The Morgan fingerprint density at radius 2 is 1.86 bits per heavy atom. The molecule has 1 aliphatic rings. The van der Waals surface area contributed by atoms with Gasteiger partial charge in [0.25, 0.3) is 0 Å². The predicted octanol–water partition coefficient (Wildman–Crippen LogP) is 5.37. The van der Waals surface area contributed by atoms with Gasteiger partial charge in [0.05, 0.1) is 18.7 Å². The van der Waals surface area contributed by atoms with Gasteiger partial charge in [-0.15, -0.1) is 0 Å². The molecule has 0 fully saturated rings. The van der Waals surface area contributed by atoms with Gasteiger partial charge in [0.15, 0.2) is 0 Å². The van der Waals surface area contributed by atoms with Crippen molar-refractivity contribution in [1.82, 2.24) is 14.8 Å². The van der Waals surface area contributed by atoms with Crippen molar-refractivity contribution in [2.75, 3.05) is 18.5 Å². The Bertz CT molecular complexity index is 1410. The summed E-state index contributed by atoms with van der Waals surface area (Å²) >= 11 is 0. The topological polar surface area (TPSA) is 105 Å². The molecule has 0 aliphatic carbocycles. The van der Waals surface area contributed by atoms with E-state index in [-0.39, 0.29) is 18.3 Å². The Morgan fingerprint density at radius 3 is 2.60 bits per heavy atom. The summed E-state index contributed by atoms with van der Waals surface area (Å²) in [5.74, 6) is -2.80. The second-order valence-electron chi connectivity index (χ2n) is 11.3. The summed E-state index contributed by atoms with van der Waals surface area (Å²) in [5, 5.41) is 7.85. The molecule has 9 nitrogen and oxygen atoms in total. The van der Waals surface area contributed by atoms with Gasteiger partial charge >= 0.3 is 18.1 Å². The van der Waals surface area contributed by atoms with E-state index in [1.807, 2.05) is 51.1 Å². The van der Waals surface area contributed by atoms with E-state index in [2.05, 4.69) is 31.2 Å². The van der Waals surface area contributed by atoms with Crippen molar-refractivity contribution in [2.24, 2.45) is 7.05 Å². The summed E-state index contributed by atoms with van der Waals surface area (Å²) in [6.07, 6.45) is -2.66. The Kier molecular flexibility index (Phi) is 9.43. The van der Waals surface area contributed by atoms with E-state index in [1.54, 1.807) is 17.8 Å². The summed E-state index contributed by atoms with van der Waals surface area (Å²) in [7, 11) is 1.74. The van der Waals surface area contributed by atoms with E-state index >= 15 is 0 Å². The minimum atomic E-state index is -5.28. The molecule has 0 saturated heterocycles. The van der Waals surface area contributed by atoms with Crippen LogP contribution in [0.1, 0.15) is 67.6 Å². The fraction of sp³-hybridized carbons (Fsp3) is 0.467. The fourth-order valence-electron chi connectivity index (χ4n) is 4.70. The maximum absolute atomic E-state index is 12.5. The number of ether oxygens (including phenoxy) is 1. The van der Waals surface area contributed by atoms with Gasteiger partial charge in [-0.25, -0.2) is 29.0 Å². The maximum atomic E-state index is 12.5. The number of alkyl halides is 3. The molecule has 0 spiro atoms. The first-order valence-electron chi connectivity index (χ1n) is 13.8. The Balaban J connectivity index is 1.44. The SMILES string of the molecule is Cn1nc(CC(CC(=O)OOC(=O)C(F)(F)F)c2cccc(C(C)(C)C)c2)cc1OCCc1ccc2c(n1)NCCC2. The number of halogens is 3. The molecule has 4 rings (SSSR count). The summed E-state index contributed by atoms with van der Waals surface area (Å²) in [5.41, 5.74) is 4.33. The number of carbonyl (C=O) groups excluding carboxylic acids is 2. The highest BCUT2D eigenvalue weighted by molar-refractivity contribution is 5.77. The monoisotopic (exact) mass is 588 g/mol. The molecule has 226 valence electrons. The van der Waals surface area contributed by atoms with Crippen molar-refractivity contribution in [3.63, 3.8) is 0 Å². The van der Waals surface area contributed by atoms with Gasteiger partial charge in [-0.05, 0) is 47.4 Å². The summed E-state index contributed by atoms with van der Waals surface area (Å²) in [6.45, 7) is 7.42. The molecule has 1 aromatic carbocycles. The number of pyridine rings is 1. The lowest BCUT2D eigenvalue weighted by atomic mass is 9.83. The third-order valence-electron chi connectivity index (χ3n) is 6.98. The molecule has 0 amide bonds.